The number of halogens is 1. The Kier molecular flexibility index (Phi) is 3.03. The first-order chi connectivity index (χ1) is 9.17. The summed E-state index contributed by atoms with van der Waals surface area (Å²) < 4.78 is 5.79. The lowest BCUT2D eigenvalue weighted by atomic mass is 10.1. The highest BCUT2D eigenvalue weighted by atomic mass is 35.5. The summed E-state index contributed by atoms with van der Waals surface area (Å²) in [5.74, 6) is 0.645. The molecule has 0 amide bonds. The Hall–Kier alpha value is -1.80. The van der Waals surface area contributed by atoms with Gasteiger partial charge in [-0.05, 0) is 54.8 Å². The van der Waals surface area contributed by atoms with Gasteiger partial charge in [0.1, 0.15) is 5.52 Å². The van der Waals surface area contributed by atoms with Crippen LogP contribution < -0.4 is 0 Å². The lowest BCUT2D eigenvalue weighted by molar-refractivity contribution is 0.619. The van der Waals surface area contributed by atoms with E-state index in [0.717, 1.165) is 33.7 Å². The zero-order valence-corrected chi connectivity index (χ0v) is 11.7. The third-order valence-corrected chi connectivity index (χ3v) is 3.59. The summed E-state index contributed by atoms with van der Waals surface area (Å²) in [4.78, 5) is 4.54. The lowest BCUT2D eigenvalue weighted by Gasteiger charge is -2.02. The number of aryl methyl sites for hydroxylation is 2. The Bertz CT molecular complexity index is 746. The summed E-state index contributed by atoms with van der Waals surface area (Å²) in [6.07, 6.45) is 0.895. The largest absolute Gasteiger partial charge is 0.436 e. The molecular weight excluding hydrogens is 258 g/mol. The maximum absolute atomic E-state index is 6.13. The van der Waals surface area contributed by atoms with E-state index in [1.54, 1.807) is 0 Å². The van der Waals surface area contributed by atoms with Crippen molar-refractivity contribution < 1.29 is 4.42 Å². The summed E-state index contributed by atoms with van der Waals surface area (Å²) in [6.45, 7) is 4.13. The second-order valence-corrected chi connectivity index (χ2v) is 5.06. The summed E-state index contributed by atoms with van der Waals surface area (Å²) in [7, 11) is 0. The number of oxazole rings is 1. The fraction of sp³-hybridized carbons (Fsp3) is 0.188. The van der Waals surface area contributed by atoms with Gasteiger partial charge in [-0.3, -0.25) is 0 Å². The van der Waals surface area contributed by atoms with Gasteiger partial charge in [-0.25, -0.2) is 4.98 Å². The minimum atomic E-state index is 0.645. The van der Waals surface area contributed by atoms with Crippen LogP contribution in [0.5, 0.6) is 0 Å². The zero-order valence-electron chi connectivity index (χ0n) is 10.9. The number of fused-ring (bicyclic) bond motifs is 1. The minimum absolute atomic E-state index is 0.645. The molecule has 0 spiro atoms. The first-order valence-electron chi connectivity index (χ1n) is 6.33. The topological polar surface area (TPSA) is 26.0 Å². The van der Waals surface area contributed by atoms with E-state index in [-0.39, 0.29) is 0 Å². The van der Waals surface area contributed by atoms with Gasteiger partial charge in [0.2, 0.25) is 5.89 Å². The molecule has 1 heterocycles. The molecule has 0 bridgehead atoms. The van der Waals surface area contributed by atoms with Crippen LogP contribution in [0, 0.1) is 6.92 Å². The highest BCUT2D eigenvalue weighted by molar-refractivity contribution is 6.31. The van der Waals surface area contributed by atoms with E-state index >= 15 is 0 Å². The molecule has 0 aliphatic heterocycles. The average Bonchev–Trinajstić information content (AvgIpc) is 2.82. The Morgan fingerprint density at radius 3 is 2.79 bits per heavy atom. The fourth-order valence-corrected chi connectivity index (χ4v) is 2.39. The van der Waals surface area contributed by atoms with Gasteiger partial charge < -0.3 is 4.42 Å². The normalized spacial score (nSPS) is 11.1. The van der Waals surface area contributed by atoms with E-state index in [2.05, 4.69) is 11.9 Å². The molecule has 0 radical (unpaired) electrons. The second-order valence-electron chi connectivity index (χ2n) is 4.65. The van der Waals surface area contributed by atoms with Crippen LogP contribution >= 0.6 is 11.6 Å². The van der Waals surface area contributed by atoms with Crippen LogP contribution in [0.15, 0.2) is 40.8 Å². The predicted octanol–water partition coefficient (Wildman–Crippen LogP) is 5.02. The molecule has 3 rings (SSSR count). The number of aromatic nitrogens is 1. The van der Waals surface area contributed by atoms with Gasteiger partial charge >= 0.3 is 0 Å². The molecule has 0 saturated heterocycles. The highest BCUT2D eigenvalue weighted by Gasteiger charge is 2.10. The molecule has 0 fully saturated rings. The molecule has 0 unspecified atom stereocenters. The molecule has 3 aromatic rings. The van der Waals surface area contributed by atoms with Gasteiger partial charge in [0.05, 0.1) is 0 Å². The molecule has 96 valence electrons. The Balaban J connectivity index is 2.13. The molecule has 0 aliphatic carbocycles. The smallest absolute Gasteiger partial charge is 0.227 e. The molecule has 0 aliphatic rings. The summed E-state index contributed by atoms with van der Waals surface area (Å²) in [5.41, 5.74) is 4.96. The van der Waals surface area contributed by atoms with Gasteiger partial charge in [-0.2, -0.15) is 0 Å². The molecule has 3 heteroatoms. The SMILES string of the molecule is CCc1cc(-c2nc3cc(C)ccc3o2)ccc1Cl. The van der Waals surface area contributed by atoms with Crippen molar-refractivity contribution in [3.8, 4) is 11.5 Å². The van der Waals surface area contributed by atoms with Gasteiger partial charge in [0, 0.05) is 10.6 Å². The van der Waals surface area contributed by atoms with Crippen molar-refractivity contribution >= 4 is 22.7 Å². The van der Waals surface area contributed by atoms with E-state index in [1.807, 2.05) is 43.3 Å². The average molecular weight is 272 g/mol. The number of rotatable bonds is 2. The van der Waals surface area contributed by atoms with Crippen LogP contribution in [-0.2, 0) is 6.42 Å². The highest BCUT2D eigenvalue weighted by Crippen LogP contribution is 2.28. The summed E-state index contributed by atoms with van der Waals surface area (Å²) in [6, 6.07) is 11.9. The summed E-state index contributed by atoms with van der Waals surface area (Å²) >= 11 is 6.13. The third kappa shape index (κ3) is 2.24. The first-order valence-corrected chi connectivity index (χ1v) is 6.71. The van der Waals surface area contributed by atoms with Crippen molar-refractivity contribution in [2.45, 2.75) is 20.3 Å². The van der Waals surface area contributed by atoms with Crippen molar-refractivity contribution in [1.29, 1.82) is 0 Å². The molecule has 1 aromatic heterocycles. The van der Waals surface area contributed by atoms with E-state index in [0.29, 0.717) is 5.89 Å². The lowest BCUT2D eigenvalue weighted by Crippen LogP contribution is -1.84. The predicted molar refractivity (Wildman–Crippen MR) is 78.6 cm³/mol. The van der Waals surface area contributed by atoms with Gasteiger partial charge in [0.15, 0.2) is 5.58 Å². The van der Waals surface area contributed by atoms with Crippen molar-refractivity contribution in [2.24, 2.45) is 0 Å². The first kappa shape index (κ1) is 12.2. The van der Waals surface area contributed by atoms with Crippen molar-refractivity contribution in [2.75, 3.05) is 0 Å². The van der Waals surface area contributed by atoms with Crippen molar-refractivity contribution in [3.63, 3.8) is 0 Å². The number of hydrogen-bond acceptors (Lipinski definition) is 2. The number of benzene rings is 2. The van der Waals surface area contributed by atoms with E-state index in [9.17, 15) is 0 Å². The van der Waals surface area contributed by atoms with Gasteiger partial charge in [-0.1, -0.05) is 24.6 Å². The third-order valence-electron chi connectivity index (χ3n) is 3.22. The van der Waals surface area contributed by atoms with Crippen LogP contribution in [0.25, 0.3) is 22.6 Å². The quantitative estimate of drug-likeness (QED) is 0.654. The second kappa shape index (κ2) is 4.71. The fourth-order valence-electron chi connectivity index (χ4n) is 2.14. The standard InChI is InChI=1S/C16H14ClNO/c1-3-11-9-12(5-6-13(11)17)16-18-14-8-10(2)4-7-15(14)19-16/h4-9H,3H2,1-2H3. The van der Waals surface area contributed by atoms with E-state index < -0.39 is 0 Å². The van der Waals surface area contributed by atoms with Gasteiger partial charge in [-0.15, -0.1) is 0 Å². The molecule has 19 heavy (non-hydrogen) atoms. The van der Waals surface area contributed by atoms with Crippen molar-refractivity contribution in [3.05, 3.63) is 52.5 Å². The zero-order chi connectivity index (χ0) is 13.4. The summed E-state index contributed by atoms with van der Waals surface area (Å²) in [5, 5.41) is 0.790. The van der Waals surface area contributed by atoms with Crippen LogP contribution in [0.1, 0.15) is 18.1 Å². The van der Waals surface area contributed by atoms with E-state index in [1.165, 1.54) is 5.56 Å². The van der Waals surface area contributed by atoms with Crippen LogP contribution in [-0.4, -0.2) is 4.98 Å². The Morgan fingerprint density at radius 1 is 1.16 bits per heavy atom. The van der Waals surface area contributed by atoms with Crippen LogP contribution in [0.3, 0.4) is 0 Å². The monoisotopic (exact) mass is 271 g/mol. The van der Waals surface area contributed by atoms with Crippen molar-refractivity contribution in [1.82, 2.24) is 4.98 Å². The maximum atomic E-state index is 6.13. The van der Waals surface area contributed by atoms with Gasteiger partial charge in [0.25, 0.3) is 0 Å². The molecule has 0 N–H and O–H groups in total. The number of nitrogens with zero attached hydrogens (tertiary/aromatic N) is 1. The molecular formula is C16H14ClNO. The van der Waals surface area contributed by atoms with Crippen LogP contribution in [0.4, 0.5) is 0 Å². The molecule has 0 saturated carbocycles. The van der Waals surface area contributed by atoms with E-state index in [4.69, 9.17) is 16.0 Å². The maximum Gasteiger partial charge on any atom is 0.227 e. The molecule has 2 nitrogen and oxygen atoms in total. The molecule has 0 atom stereocenters. The minimum Gasteiger partial charge on any atom is -0.436 e. The Morgan fingerprint density at radius 2 is 2.00 bits per heavy atom. The number of hydrogen-bond donors (Lipinski definition) is 0. The Labute approximate surface area is 117 Å². The van der Waals surface area contributed by atoms with Crippen LogP contribution in [0.2, 0.25) is 5.02 Å². The molecule has 2 aromatic carbocycles.